The van der Waals surface area contributed by atoms with Gasteiger partial charge in [0.2, 0.25) is 5.91 Å². The van der Waals surface area contributed by atoms with Crippen LogP contribution in [0.15, 0.2) is 49.1 Å². The lowest BCUT2D eigenvalue weighted by Gasteiger charge is -2.42. The fourth-order valence-corrected chi connectivity index (χ4v) is 5.78. The van der Waals surface area contributed by atoms with Crippen LogP contribution in [0.2, 0.25) is 0 Å². The number of piperidine rings is 1. The Balaban J connectivity index is 1.45. The van der Waals surface area contributed by atoms with Gasteiger partial charge in [0.1, 0.15) is 17.2 Å². The van der Waals surface area contributed by atoms with Crippen molar-refractivity contribution in [1.82, 2.24) is 24.9 Å². The number of amides is 2. The zero-order valence-electron chi connectivity index (χ0n) is 20.5. The van der Waals surface area contributed by atoms with Crippen LogP contribution < -0.4 is 10.6 Å². The molecule has 2 aromatic heterocycles. The first kappa shape index (κ1) is 24.4. The lowest BCUT2D eigenvalue weighted by molar-refractivity contribution is -0.130. The Labute approximate surface area is 208 Å². The molecule has 0 saturated carbocycles. The van der Waals surface area contributed by atoms with Gasteiger partial charge in [0.15, 0.2) is 0 Å². The standard InChI is InChI=1S/C27H31F2N5O2/c1-17(2)27(7-4-8-31-27)26(36)32-23-15-33(10-6-21(23)18-11-19(28)13-20(29)12-18)25(35)22-5-3-9-34-16-30-14-24(22)34/h3,5,9,11-14,16-17,21,23,31H,4,6-8,10,15H2,1-2H3,(H,32,36)/t21-,23+,27+/m0/s1. The number of nitrogens with one attached hydrogen (secondary N) is 2. The van der Waals surface area contributed by atoms with Crippen molar-refractivity contribution in [2.24, 2.45) is 5.92 Å². The van der Waals surface area contributed by atoms with Crippen LogP contribution in [-0.2, 0) is 4.79 Å². The van der Waals surface area contributed by atoms with Crippen LogP contribution in [0.5, 0.6) is 0 Å². The van der Waals surface area contributed by atoms with Crippen molar-refractivity contribution in [2.75, 3.05) is 19.6 Å². The van der Waals surface area contributed by atoms with Gasteiger partial charge in [-0.2, -0.15) is 0 Å². The highest BCUT2D eigenvalue weighted by Crippen LogP contribution is 2.33. The summed E-state index contributed by atoms with van der Waals surface area (Å²) in [7, 11) is 0. The number of imidazole rings is 1. The zero-order valence-corrected chi connectivity index (χ0v) is 20.5. The number of carbonyl (C=O) groups is 2. The SMILES string of the molecule is CC(C)[C@@]1(C(=O)N[C@@H]2CN(C(=O)c3cccn4cncc34)CC[C@H]2c2cc(F)cc(F)c2)CCCN1. The number of pyridine rings is 1. The van der Waals surface area contributed by atoms with Crippen LogP contribution in [0.25, 0.3) is 5.52 Å². The summed E-state index contributed by atoms with van der Waals surface area (Å²) in [5, 5.41) is 6.57. The van der Waals surface area contributed by atoms with Gasteiger partial charge in [-0.25, -0.2) is 13.8 Å². The fraction of sp³-hybridized carbons (Fsp3) is 0.444. The molecule has 2 N–H and O–H groups in total. The number of nitrogens with zero attached hydrogens (tertiary/aromatic N) is 3. The maximum absolute atomic E-state index is 14.1. The topological polar surface area (TPSA) is 78.7 Å². The summed E-state index contributed by atoms with van der Waals surface area (Å²) in [6.07, 6.45) is 7.19. The molecule has 2 amide bonds. The second kappa shape index (κ2) is 9.61. The molecule has 7 nitrogen and oxygen atoms in total. The van der Waals surface area contributed by atoms with Gasteiger partial charge in [-0.1, -0.05) is 13.8 Å². The second-order valence-electron chi connectivity index (χ2n) is 10.2. The minimum absolute atomic E-state index is 0.0610. The van der Waals surface area contributed by atoms with Gasteiger partial charge in [-0.15, -0.1) is 0 Å². The van der Waals surface area contributed by atoms with E-state index < -0.39 is 23.2 Å². The van der Waals surface area contributed by atoms with E-state index in [1.54, 1.807) is 34.0 Å². The first-order valence-corrected chi connectivity index (χ1v) is 12.5. The summed E-state index contributed by atoms with van der Waals surface area (Å²) in [5.41, 5.74) is 1.01. The number of hydrogen-bond donors (Lipinski definition) is 2. The van der Waals surface area contributed by atoms with Crippen molar-refractivity contribution in [3.05, 3.63) is 71.8 Å². The Morgan fingerprint density at radius 3 is 2.69 bits per heavy atom. The molecule has 9 heteroatoms. The number of benzene rings is 1. The average Bonchev–Trinajstić information content (AvgIpc) is 3.53. The van der Waals surface area contributed by atoms with E-state index in [1.165, 1.54) is 12.1 Å². The van der Waals surface area contributed by atoms with E-state index in [1.807, 2.05) is 20.0 Å². The number of carbonyl (C=O) groups excluding carboxylic acids is 2. The fourth-order valence-electron chi connectivity index (χ4n) is 5.78. The van der Waals surface area contributed by atoms with Crippen molar-refractivity contribution in [2.45, 2.75) is 50.6 Å². The Morgan fingerprint density at radius 2 is 2.00 bits per heavy atom. The van der Waals surface area contributed by atoms with Gasteiger partial charge in [0.05, 0.1) is 29.6 Å². The molecule has 2 aliphatic rings. The molecule has 2 aliphatic heterocycles. The number of likely N-dealkylation sites (tertiary alicyclic amines) is 1. The van der Waals surface area contributed by atoms with Gasteiger partial charge < -0.3 is 19.9 Å². The zero-order chi connectivity index (χ0) is 25.4. The first-order chi connectivity index (χ1) is 17.3. The molecule has 36 heavy (non-hydrogen) atoms. The quantitative estimate of drug-likeness (QED) is 0.568. The summed E-state index contributed by atoms with van der Waals surface area (Å²) in [6.45, 7) is 5.42. The van der Waals surface area contributed by atoms with Crippen molar-refractivity contribution in [3.8, 4) is 0 Å². The molecule has 1 aromatic carbocycles. The molecule has 0 radical (unpaired) electrons. The Hall–Kier alpha value is -3.33. The molecule has 4 heterocycles. The van der Waals surface area contributed by atoms with Crippen LogP contribution >= 0.6 is 0 Å². The van der Waals surface area contributed by atoms with Crippen molar-refractivity contribution in [3.63, 3.8) is 0 Å². The molecular formula is C27H31F2N5O2. The molecule has 3 atom stereocenters. The van der Waals surface area contributed by atoms with E-state index in [4.69, 9.17) is 0 Å². The highest BCUT2D eigenvalue weighted by atomic mass is 19.1. The minimum Gasteiger partial charge on any atom is -0.349 e. The molecule has 0 bridgehead atoms. The van der Waals surface area contributed by atoms with E-state index in [9.17, 15) is 18.4 Å². The van der Waals surface area contributed by atoms with Gasteiger partial charge in [0, 0.05) is 31.3 Å². The van der Waals surface area contributed by atoms with Gasteiger partial charge in [-0.3, -0.25) is 9.59 Å². The third-order valence-electron chi connectivity index (χ3n) is 7.79. The van der Waals surface area contributed by atoms with E-state index >= 15 is 0 Å². The molecule has 2 fully saturated rings. The number of hydrogen-bond acceptors (Lipinski definition) is 4. The highest BCUT2D eigenvalue weighted by molar-refractivity contribution is 6.00. The predicted octanol–water partition coefficient (Wildman–Crippen LogP) is 3.51. The third-order valence-corrected chi connectivity index (χ3v) is 7.79. The second-order valence-corrected chi connectivity index (χ2v) is 10.2. The van der Waals surface area contributed by atoms with E-state index in [0.29, 0.717) is 36.0 Å². The highest BCUT2D eigenvalue weighted by Gasteiger charge is 2.45. The maximum atomic E-state index is 14.1. The molecule has 2 saturated heterocycles. The molecular weight excluding hydrogens is 464 g/mol. The van der Waals surface area contributed by atoms with Crippen molar-refractivity contribution < 1.29 is 18.4 Å². The van der Waals surface area contributed by atoms with Crippen molar-refractivity contribution in [1.29, 1.82) is 0 Å². The lowest BCUT2D eigenvalue weighted by atomic mass is 9.81. The molecule has 0 spiro atoms. The molecule has 0 aliphatic carbocycles. The molecule has 5 rings (SSSR count). The Morgan fingerprint density at radius 1 is 1.22 bits per heavy atom. The number of halogens is 2. The van der Waals surface area contributed by atoms with Crippen LogP contribution in [0, 0.1) is 17.6 Å². The summed E-state index contributed by atoms with van der Waals surface area (Å²) in [5.74, 6) is -1.88. The first-order valence-electron chi connectivity index (χ1n) is 12.5. The van der Waals surface area contributed by atoms with Crippen LogP contribution in [0.1, 0.15) is 54.9 Å². The molecule has 0 unspecified atom stereocenters. The van der Waals surface area contributed by atoms with E-state index in [0.717, 1.165) is 19.0 Å². The largest absolute Gasteiger partial charge is 0.349 e. The summed E-state index contributed by atoms with van der Waals surface area (Å²) in [4.78, 5) is 33.0. The molecule has 190 valence electrons. The maximum Gasteiger partial charge on any atom is 0.256 e. The Kier molecular flexibility index (Phi) is 6.51. The van der Waals surface area contributed by atoms with Gasteiger partial charge >= 0.3 is 0 Å². The summed E-state index contributed by atoms with van der Waals surface area (Å²) in [6, 6.07) is 6.54. The summed E-state index contributed by atoms with van der Waals surface area (Å²) >= 11 is 0. The average molecular weight is 496 g/mol. The lowest BCUT2D eigenvalue weighted by Crippen LogP contribution is -2.62. The van der Waals surface area contributed by atoms with E-state index in [-0.39, 0.29) is 30.2 Å². The Bertz CT molecular complexity index is 1260. The number of fused-ring (bicyclic) bond motifs is 1. The normalized spacial score (nSPS) is 24.4. The van der Waals surface area contributed by atoms with Gasteiger partial charge in [-0.05, 0) is 61.6 Å². The number of rotatable bonds is 5. The van der Waals surface area contributed by atoms with Crippen LogP contribution in [0.4, 0.5) is 8.78 Å². The smallest absolute Gasteiger partial charge is 0.256 e. The van der Waals surface area contributed by atoms with E-state index in [2.05, 4.69) is 15.6 Å². The van der Waals surface area contributed by atoms with Crippen LogP contribution in [0.3, 0.4) is 0 Å². The third kappa shape index (κ3) is 4.36. The van der Waals surface area contributed by atoms with Gasteiger partial charge in [0.25, 0.3) is 5.91 Å². The molecule has 3 aromatic rings. The predicted molar refractivity (Wildman–Crippen MR) is 132 cm³/mol. The van der Waals surface area contributed by atoms with Crippen LogP contribution in [-0.4, -0.2) is 57.3 Å². The minimum atomic E-state index is -0.701. The van der Waals surface area contributed by atoms with Crippen molar-refractivity contribution >= 4 is 17.3 Å². The monoisotopic (exact) mass is 495 g/mol. The summed E-state index contributed by atoms with van der Waals surface area (Å²) < 4.78 is 30.0. The number of aromatic nitrogens is 2.